The van der Waals surface area contributed by atoms with Crippen molar-refractivity contribution in [3.05, 3.63) is 174 Å². The van der Waals surface area contributed by atoms with Gasteiger partial charge in [-0.05, 0) is 83.2 Å². The lowest BCUT2D eigenvalue weighted by atomic mass is 9.94. The second-order valence-electron chi connectivity index (χ2n) is 12.3. The van der Waals surface area contributed by atoms with Gasteiger partial charge in [0, 0.05) is 33.0 Å². The topological polar surface area (TPSA) is 61.8 Å². The molecule has 0 saturated heterocycles. The fourth-order valence-corrected chi connectivity index (χ4v) is 7.36. The molecule has 2 heterocycles. The van der Waals surface area contributed by atoms with Crippen LogP contribution in [0.5, 0.6) is 0 Å². The number of nitriles is 2. The first-order chi connectivity index (χ1) is 24.7. The van der Waals surface area contributed by atoms with Gasteiger partial charge in [-0.25, -0.2) is 4.85 Å². The predicted octanol–water partition coefficient (Wildman–Crippen LogP) is 11.5. The Morgan fingerprint density at radius 2 is 1.10 bits per heavy atom. The maximum Gasteiger partial charge on any atom is 0.188 e. The molecule has 5 nitrogen and oxygen atoms in total. The highest BCUT2D eigenvalue weighted by Gasteiger charge is 2.19. The smallest absolute Gasteiger partial charge is 0.188 e. The van der Waals surface area contributed by atoms with Gasteiger partial charge >= 0.3 is 0 Å². The molecular weight excluding hydrogens is 611 g/mol. The van der Waals surface area contributed by atoms with E-state index < -0.39 is 0 Å². The van der Waals surface area contributed by atoms with Crippen LogP contribution in [0, 0.1) is 29.2 Å². The van der Waals surface area contributed by atoms with Crippen LogP contribution in [0.1, 0.15) is 11.1 Å². The van der Waals surface area contributed by atoms with Crippen molar-refractivity contribution in [2.24, 2.45) is 0 Å². The number of aromatic nitrogens is 2. The number of rotatable bonds is 4. The summed E-state index contributed by atoms with van der Waals surface area (Å²) in [6.45, 7) is 7.58. The lowest BCUT2D eigenvalue weighted by Gasteiger charge is -2.16. The average Bonchev–Trinajstić information content (AvgIpc) is 3.69. The van der Waals surface area contributed by atoms with E-state index in [0.717, 1.165) is 66.5 Å². The minimum absolute atomic E-state index is 0.539. The Labute approximate surface area is 288 Å². The molecule has 230 valence electrons. The molecule has 0 aliphatic heterocycles. The largest absolute Gasteiger partial charge is 0.309 e. The molecule has 2 aromatic heterocycles. The summed E-state index contributed by atoms with van der Waals surface area (Å²) < 4.78 is 4.46. The van der Waals surface area contributed by atoms with E-state index in [1.54, 1.807) is 0 Å². The van der Waals surface area contributed by atoms with Gasteiger partial charge in [-0.15, -0.1) is 0 Å². The predicted molar refractivity (Wildman–Crippen MR) is 202 cm³/mol. The van der Waals surface area contributed by atoms with Crippen LogP contribution in [0.4, 0.5) is 5.69 Å². The molecule has 0 fully saturated rings. The lowest BCUT2D eigenvalue weighted by Crippen LogP contribution is -1.98. The van der Waals surface area contributed by atoms with E-state index in [-0.39, 0.29) is 0 Å². The van der Waals surface area contributed by atoms with Crippen LogP contribution in [0.25, 0.3) is 82.1 Å². The monoisotopic (exact) mass is 635 g/mol. The summed E-state index contributed by atoms with van der Waals surface area (Å²) in [5.41, 5.74) is 11.6. The number of para-hydroxylation sites is 3. The third-order valence-electron chi connectivity index (χ3n) is 9.62. The molecule has 9 aromatic rings. The van der Waals surface area contributed by atoms with E-state index in [2.05, 4.69) is 111 Å². The van der Waals surface area contributed by atoms with E-state index >= 15 is 0 Å². The van der Waals surface area contributed by atoms with Crippen molar-refractivity contribution in [3.63, 3.8) is 0 Å². The number of nitrogens with zero attached hydrogens (tertiary/aromatic N) is 5. The van der Waals surface area contributed by atoms with Crippen LogP contribution in [0.2, 0.25) is 0 Å². The van der Waals surface area contributed by atoms with Crippen molar-refractivity contribution in [3.8, 4) is 45.8 Å². The quantitative estimate of drug-likeness (QED) is 0.181. The minimum Gasteiger partial charge on any atom is -0.309 e. The molecule has 9 rings (SSSR count). The second-order valence-corrected chi connectivity index (χ2v) is 12.3. The Hall–Kier alpha value is -7.39. The summed E-state index contributed by atoms with van der Waals surface area (Å²) in [7, 11) is 0. The number of benzene rings is 7. The summed E-state index contributed by atoms with van der Waals surface area (Å²) in [6, 6.07) is 55.7. The van der Waals surface area contributed by atoms with Crippen LogP contribution in [0.15, 0.2) is 152 Å². The molecule has 0 aliphatic carbocycles. The molecule has 0 bridgehead atoms. The van der Waals surface area contributed by atoms with Crippen molar-refractivity contribution in [1.82, 2.24) is 9.13 Å². The van der Waals surface area contributed by atoms with Gasteiger partial charge < -0.3 is 9.13 Å². The van der Waals surface area contributed by atoms with Crippen molar-refractivity contribution in [2.75, 3.05) is 0 Å². The first-order valence-corrected chi connectivity index (χ1v) is 16.3. The maximum absolute atomic E-state index is 10.5. The number of hydrogen-bond acceptors (Lipinski definition) is 2. The molecule has 0 atom stereocenters. The Morgan fingerprint density at radius 1 is 0.480 bits per heavy atom. The SMILES string of the molecule is [C-]#[N+]c1ccc2c(c1)c1cc(C#N)ccc1n2-c1ccccc1-c1ccc(-c2ccc(-n3c4ccccc4c4ccccc43)cc2)cc1C#N. The minimum atomic E-state index is 0.539. The summed E-state index contributed by atoms with van der Waals surface area (Å²) in [5.74, 6) is 0. The van der Waals surface area contributed by atoms with Crippen molar-refractivity contribution in [2.45, 2.75) is 0 Å². The Bertz CT molecular complexity index is 2830. The van der Waals surface area contributed by atoms with Gasteiger partial charge in [0.2, 0.25) is 0 Å². The van der Waals surface area contributed by atoms with Gasteiger partial charge in [0.05, 0.1) is 57.6 Å². The molecule has 0 amide bonds. The van der Waals surface area contributed by atoms with Crippen LogP contribution >= 0.6 is 0 Å². The molecule has 0 N–H and O–H groups in total. The van der Waals surface area contributed by atoms with Crippen molar-refractivity contribution >= 4 is 49.3 Å². The first-order valence-electron chi connectivity index (χ1n) is 16.3. The summed E-state index contributed by atoms with van der Waals surface area (Å²) in [6.07, 6.45) is 0. The third kappa shape index (κ3) is 4.38. The zero-order valence-electron chi connectivity index (χ0n) is 26.7. The number of fused-ring (bicyclic) bond motifs is 6. The highest BCUT2D eigenvalue weighted by Crippen LogP contribution is 2.40. The molecule has 5 heteroatoms. The van der Waals surface area contributed by atoms with Gasteiger partial charge in [-0.2, -0.15) is 10.5 Å². The molecule has 0 aliphatic rings. The summed E-state index contributed by atoms with van der Waals surface area (Å²) in [4.78, 5) is 3.65. The first kappa shape index (κ1) is 28.8. The van der Waals surface area contributed by atoms with Crippen LogP contribution in [-0.4, -0.2) is 9.13 Å². The summed E-state index contributed by atoms with van der Waals surface area (Å²) in [5, 5.41) is 24.4. The molecule has 50 heavy (non-hydrogen) atoms. The third-order valence-corrected chi connectivity index (χ3v) is 9.62. The van der Waals surface area contributed by atoms with E-state index in [0.29, 0.717) is 16.8 Å². The van der Waals surface area contributed by atoms with Crippen LogP contribution in [-0.2, 0) is 0 Å². The zero-order valence-corrected chi connectivity index (χ0v) is 26.7. The van der Waals surface area contributed by atoms with Gasteiger partial charge in [-0.1, -0.05) is 84.9 Å². The normalized spacial score (nSPS) is 11.1. The Morgan fingerprint density at radius 3 is 1.80 bits per heavy atom. The van der Waals surface area contributed by atoms with E-state index in [1.165, 1.54) is 10.8 Å². The van der Waals surface area contributed by atoms with Gasteiger partial charge in [0.25, 0.3) is 0 Å². The van der Waals surface area contributed by atoms with Crippen molar-refractivity contribution in [1.29, 1.82) is 10.5 Å². The Balaban J connectivity index is 1.15. The van der Waals surface area contributed by atoms with Crippen LogP contribution < -0.4 is 0 Å². The van der Waals surface area contributed by atoms with Gasteiger partial charge in [-0.3, -0.25) is 0 Å². The van der Waals surface area contributed by atoms with Gasteiger partial charge in [0.15, 0.2) is 5.69 Å². The van der Waals surface area contributed by atoms with Crippen molar-refractivity contribution < 1.29 is 0 Å². The van der Waals surface area contributed by atoms with Gasteiger partial charge in [0.1, 0.15) is 0 Å². The van der Waals surface area contributed by atoms with Crippen LogP contribution in [0.3, 0.4) is 0 Å². The average molecular weight is 636 g/mol. The lowest BCUT2D eigenvalue weighted by molar-refractivity contribution is 1.18. The molecule has 0 radical (unpaired) electrons. The van der Waals surface area contributed by atoms with E-state index in [9.17, 15) is 10.5 Å². The molecule has 7 aromatic carbocycles. The summed E-state index contributed by atoms with van der Waals surface area (Å²) >= 11 is 0. The highest BCUT2D eigenvalue weighted by atomic mass is 15.0. The standard InChI is InChI=1S/C45H25N5/c1-48-33-18-23-45-40(26-33)39-24-29(27-46)14-22-44(39)50(45)43-13-7-2-8-36(43)35-21-17-31(25-32(35)28-47)30-15-19-34(20-16-30)49-41-11-5-3-9-37(41)38-10-4-6-12-42(38)49/h2-26H. The molecule has 0 spiro atoms. The Kier molecular flexibility index (Phi) is 6.56. The number of hydrogen-bond donors (Lipinski definition) is 0. The highest BCUT2D eigenvalue weighted by molar-refractivity contribution is 6.11. The second kappa shape index (κ2) is 11.4. The zero-order chi connectivity index (χ0) is 33.8. The fraction of sp³-hybridized carbons (Fsp3) is 0. The van der Waals surface area contributed by atoms with E-state index in [1.807, 2.05) is 66.7 Å². The maximum atomic E-state index is 10.5. The van der Waals surface area contributed by atoms with E-state index in [4.69, 9.17) is 6.57 Å². The molecule has 0 unspecified atom stereocenters. The molecule has 0 saturated carbocycles. The molecular formula is C45H25N5. The fourth-order valence-electron chi connectivity index (χ4n) is 7.36.